The summed E-state index contributed by atoms with van der Waals surface area (Å²) >= 11 is 0. The summed E-state index contributed by atoms with van der Waals surface area (Å²) in [4.78, 5) is 21.9. The highest BCUT2D eigenvalue weighted by atomic mass is 19.4. The van der Waals surface area contributed by atoms with E-state index in [0.29, 0.717) is 43.4 Å². The number of halogens is 4. The molecule has 2 aliphatic heterocycles. The van der Waals surface area contributed by atoms with Crippen LogP contribution >= 0.6 is 0 Å². The van der Waals surface area contributed by atoms with E-state index in [1.54, 1.807) is 30.3 Å². The van der Waals surface area contributed by atoms with Crippen LogP contribution in [0.3, 0.4) is 0 Å². The van der Waals surface area contributed by atoms with E-state index >= 15 is 0 Å². The Morgan fingerprint density at radius 1 is 0.889 bits per heavy atom. The second kappa shape index (κ2) is 9.18. The van der Waals surface area contributed by atoms with Crippen LogP contribution in [0.15, 0.2) is 71.7 Å². The van der Waals surface area contributed by atoms with Crippen molar-refractivity contribution in [2.24, 2.45) is 10.7 Å². The number of carbonyl (C=O) groups is 1. The standard InChI is InChI=1S/C26H21F4N5O/c27-20-5-7-21(8-6-20)33-10-12-34(13-11-33)25-32-23-9-4-17(24(31)36)14-18(23)16-35(25)22-3-1-2-19(15-22)26(28,29)30/h1-9,14-15H,10-13H2,(H2,31,36). The average molecular weight is 495 g/mol. The van der Waals surface area contributed by atoms with Crippen molar-refractivity contribution >= 4 is 28.9 Å². The lowest BCUT2D eigenvalue weighted by Crippen LogP contribution is -2.54. The van der Waals surface area contributed by atoms with Gasteiger partial charge in [0.1, 0.15) is 12.4 Å². The summed E-state index contributed by atoms with van der Waals surface area (Å²) in [6.07, 6.45) is -4.51. The zero-order chi connectivity index (χ0) is 25.4. The van der Waals surface area contributed by atoms with E-state index in [1.165, 1.54) is 29.2 Å². The van der Waals surface area contributed by atoms with Gasteiger partial charge in [-0.15, -0.1) is 0 Å². The number of fused-ring (bicyclic) bond motifs is 1. The number of rotatable bonds is 3. The molecule has 6 nitrogen and oxygen atoms in total. The first-order chi connectivity index (χ1) is 17.2. The van der Waals surface area contributed by atoms with Crippen molar-refractivity contribution < 1.29 is 22.4 Å². The Kier molecular flexibility index (Phi) is 6.03. The molecule has 0 spiro atoms. The quantitative estimate of drug-likeness (QED) is 0.537. The first kappa shape index (κ1) is 23.7. The molecule has 1 saturated heterocycles. The molecular weight excluding hydrogens is 474 g/mol. The SMILES string of the molecule is NC(=O)c1ccc2c(c1)[C]N(c1cccc(C(F)(F)F)c1)C(N1CCN(c3ccc(F)cc3)CC1)=N2. The maximum absolute atomic E-state index is 13.4. The highest BCUT2D eigenvalue weighted by molar-refractivity contribution is 6.02. The fourth-order valence-electron chi connectivity index (χ4n) is 4.23. The maximum atomic E-state index is 13.4. The molecule has 0 atom stereocenters. The molecule has 1 amide bonds. The van der Waals surface area contributed by atoms with Gasteiger partial charge >= 0.3 is 6.18 Å². The van der Waals surface area contributed by atoms with Crippen molar-refractivity contribution in [3.05, 3.63) is 95.8 Å². The molecule has 5 rings (SSSR count). The zero-order valence-corrected chi connectivity index (χ0v) is 19.0. The van der Waals surface area contributed by atoms with Gasteiger partial charge in [-0.25, -0.2) is 9.38 Å². The van der Waals surface area contributed by atoms with Crippen molar-refractivity contribution in [2.75, 3.05) is 36.0 Å². The van der Waals surface area contributed by atoms with Gasteiger partial charge in [0, 0.05) is 48.7 Å². The first-order valence-corrected chi connectivity index (χ1v) is 11.2. The van der Waals surface area contributed by atoms with Crippen LogP contribution in [0.1, 0.15) is 21.5 Å². The summed E-state index contributed by atoms with van der Waals surface area (Å²) in [6, 6.07) is 15.9. The van der Waals surface area contributed by atoms with Gasteiger partial charge in [0.2, 0.25) is 11.9 Å². The summed E-state index contributed by atoms with van der Waals surface area (Å²) in [7, 11) is 0. The van der Waals surface area contributed by atoms with Crippen molar-refractivity contribution in [3.8, 4) is 0 Å². The van der Waals surface area contributed by atoms with Crippen molar-refractivity contribution in [1.29, 1.82) is 0 Å². The number of nitrogens with zero attached hydrogens (tertiary/aromatic N) is 4. The van der Waals surface area contributed by atoms with Crippen LogP contribution in [0, 0.1) is 12.4 Å². The minimum atomic E-state index is -4.51. The first-order valence-electron chi connectivity index (χ1n) is 11.2. The molecule has 2 radical (unpaired) electrons. The third-order valence-electron chi connectivity index (χ3n) is 6.12. The normalized spacial score (nSPS) is 16.0. The van der Waals surface area contributed by atoms with Crippen molar-refractivity contribution in [3.63, 3.8) is 0 Å². The molecule has 1 fully saturated rings. The van der Waals surface area contributed by atoms with Gasteiger partial charge < -0.3 is 15.5 Å². The van der Waals surface area contributed by atoms with E-state index in [4.69, 9.17) is 10.7 Å². The summed E-state index contributed by atoms with van der Waals surface area (Å²) in [5.41, 5.74) is 6.95. The molecule has 10 heteroatoms. The van der Waals surface area contributed by atoms with E-state index in [2.05, 4.69) is 11.4 Å². The number of nitrogens with two attached hydrogens (primary N) is 1. The van der Waals surface area contributed by atoms with E-state index in [1.807, 2.05) is 4.90 Å². The number of alkyl halides is 3. The molecule has 0 unspecified atom stereocenters. The Balaban J connectivity index is 1.48. The summed E-state index contributed by atoms with van der Waals surface area (Å²) < 4.78 is 53.6. The number of primary amides is 1. The lowest BCUT2D eigenvalue weighted by molar-refractivity contribution is -0.137. The second-order valence-corrected chi connectivity index (χ2v) is 8.45. The Hall–Kier alpha value is -4.08. The van der Waals surface area contributed by atoms with Crippen LogP contribution in [-0.4, -0.2) is 42.9 Å². The number of carbonyl (C=O) groups excluding carboxylic acids is 1. The number of amides is 1. The second-order valence-electron chi connectivity index (χ2n) is 8.45. The third-order valence-corrected chi connectivity index (χ3v) is 6.12. The summed E-state index contributed by atoms with van der Waals surface area (Å²) in [5.74, 6) is -0.515. The van der Waals surface area contributed by atoms with Crippen molar-refractivity contribution in [2.45, 2.75) is 6.18 Å². The molecule has 2 N–H and O–H groups in total. The number of piperazine rings is 1. The van der Waals surface area contributed by atoms with Crippen LogP contribution in [0.25, 0.3) is 0 Å². The minimum absolute atomic E-state index is 0.236. The average Bonchev–Trinajstić information content (AvgIpc) is 2.88. The van der Waals surface area contributed by atoms with Gasteiger partial charge in [-0.05, 0) is 60.7 Å². The maximum Gasteiger partial charge on any atom is 0.416 e. The molecule has 3 aromatic rings. The number of hydrogen-bond acceptors (Lipinski definition) is 5. The van der Waals surface area contributed by atoms with E-state index in [-0.39, 0.29) is 17.1 Å². The van der Waals surface area contributed by atoms with Crippen LogP contribution in [0.5, 0.6) is 0 Å². The van der Waals surface area contributed by atoms with Gasteiger partial charge in [-0.1, -0.05) is 6.07 Å². The molecule has 2 heterocycles. The molecule has 0 aromatic heterocycles. The Bertz CT molecular complexity index is 1310. The molecule has 36 heavy (non-hydrogen) atoms. The lowest BCUT2D eigenvalue weighted by Gasteiger charge is -2.42. The highest BCUT2D eigenvalue weighted by Gasteiger charge is 2.33. The smallest absolute Gasteiger partial charge is 0.368 e. The van der Waals surface area contributed by atoms with Gasteiger partial charge in [-0.2, -0.15) is 13.2 Å². The molecular formula is C26H21F4N5O. The van der Waals surface area contributed by atoms with E-state index < -0.39 is 17.6 Å². The van der Waals surface area contributed by atoms with Gasteiger partial charge in [0.05, 0.1) is 11.3 Å². The van der Waals surface area contributed by atoms with Crippen molar-refractivity contribution in [1.82, 2.24) is 4.90 Å². The lowest BCUT2D eigenvalue weighted by atomic mass is 10.1. The zero-order valence-electron chi connectivity index (χ0n) is 19.0. The molecule has 184 valence electrons. The van der Waals surface area contributed by atoms with Crippen LogP contribution in [0.2, 0.25) is 0 Å². The van der Waals surface area contributed by atoms with E-state index in [9.17, 15) is 22.4 Å². The fraction of sp³-hybridized carbons (Fsp3) is 0.192. The Morgan fingerprint density at radius 2 is 1.58 bits per heavy atom. The molecule has 2 aliphatic rings. The summed E-state index contributed by atoms with van der Waals surface area (Å²) in [6.45, 7) is 5.39. The van der Waals surface area contributed by atoms with Gasteiger partial charge in [-0.3, -0.25) is 9.69 Å². The predicted molar refractivity (Wildman–Crippen MR) is 129 cm³/mol. The number of aliphatic imine (C=N–C) groups is 1. The number of hydrogen-bond donors (Lipinski definition) is 1. The van der Waals surface area contributed by atoms with Gasteiger partial charge in [0.25, 0.3) is 0 Å². The number of benzene rings is 3. The van der Waals surface area contributed by atoms with Gasteiger partial charge in [0.15, 0.2) is 0 Å². The number of guanidine groups is 1. The minimum Gasteiger partial charge on any atom is -0.368 e. The predicted octanol–water partition coefficient (Wildman–Crippen LogP) is 4.66. The topological polar surface area (TPSA) is 65.2 Å². The molecule has 3 aromatic carbocycles. The Labute approximate surface area is 205 Å². The fourth-order valence-corrected chi connectivity index (χ4v) is 4.23. The molecule has 0 bridgehead atoms. The van der Waals surface area contributed by atoms with Crippen LogP contribution in [0.4, 0.5) is 34.6 Å². The largest absolute Gasteiger partial charge is 0.416 e. The van der Waals surface area contributed by atoms with Crippen LogP contribution < -0.4 is 15.5 Å². The number of anilines is 2. The summed E-state index contributed by atoms with van der Waals surface area (Å²) in [5, 5.41) is 0. The Morgan fingerprint density at radius 3 is 2.25 bits per heavy atom. The van der Waals surface area contributed by atoms with E-state index in [0.717, 1.165) is 17.8 Å². The molecule has 0 aliphatic carbocycles. The monoisotopic (exact) mass is 495 g/mol. The third kappa shape index (κ3) is 4.71. The van der Waals surface area contributed by atoms with Crippen LogP contribution in [-0.2, 0) is 6.18 Å². The molecule has 0 saturated carbocycles. The highest BCUT2D eigenvalue weighted by Crippen LogP contribution is 2.36.